The van der Waals surface area contributed by atoms with Crippen LogP contribution in [0.15, 0.2) is 12.1 Å². The van der Waals surface area contributed by atoms with Crippen LogP contribution >= 0.6 is 0 Å². The molecular weight excluding hydrogens is 488 g/mol. The van der Waals surface area contributed by atoms with Gasteiger partial charge in [0.1, 0.15) is 17.7 Å². The number of amides is 5. The number of hydrogen-bond donors (Lipinski definition) is 2. The minimum atomic E-state index is -1.05. The number of carbonyl (C=O) groups excluding carboxylic acids is 4. The summed E-state index contributed by atoms with van der Waals surface area (Å²) in [6.07, 6.45) is 3.58. The van der Waals surface area contributed by atoms with Gasteiger partial charge in [-0.15, -0.1) is 0 Å². The van der Waals surface area contributed by atoms with Crippen LogP contribution < -0.4 is 15.5 Å². The predicted molar refractivity (Wildman–Crippen MR) is 126 cm³/mol. The van der Waals surface area contributed by atoms with Gasteiger partial charge in [0.2, 0.25) is 11.8 Å². The summed E-state index contributed by atoms with van der Waals surface area (Å²) in [5.74, 6) is -3.88. The molecule has 5 amide bonds. The van der Waals surface area contributed by atoms with Crippen LogP contribution in [0, 0.1) is 11.6 Å². The molecule has 1 aromatic rings. The molecule has 1 saturated carbocycles. The van der Waals surface area contributed by atoms with Crippen LogP contribution in [0.2, 0.25) is 0 Å². The molecule has 0 radical (unpaired) electrons. The first-order valence-corrected chi connectivity index (χ1v) is 12.8. The van der Waals surface area contributed by atoms with E-state index in [4.69, 9.17) is 4.74 Å². The number of benzene rings is 1. The highest BCUT2D eigenvalue weighted by Gasteiger charge is 2.53. The maximum absolute atomic E-state index is 14.8. The molecule has 37 heavy (non-hydrogen) atoms. The zero-order chi connectivity index (χ0) is 25.9. The Hall–Kier alpha value is -3.44. The van der Waals surface area contributed by atoms with Crippen molar-refractivity contribution in [3.05, 3.63) is 29.3 Å². The van der Waals surface area contributed by atoms with Crippen LogP contribution in [-0.4, -0.2) is 84.1 Å². The summed E-state index contributed by atoms with van der Waals surface area (Å²) < 4.78 is 34.9. The number of nitrogens with one attached hydrogen (secondary N) is 2. The number of likely N-dealkylation sites (tertiary alicyclic amines) is 2. The van der Waals surface area contributed by atoms with Gasteiger partial charge in [-0.1, -0.05) is 0 Å². The number of rotatable bonds is 4. The molecular formula is C25H29F2N5O5. The van der Waals surface area contributed by atoms with Crippen molar-refractivity contribution >= 4 is 29.6 Å². The summed E-state index contributed by atoms with van der Waals surface area (Å²) in [6, 6.07) is 2.13. The lowest BCUT2D eigenvalue weighted by atomic mass is 9.68. The fourth-order valence-corrected chi connectivity index (χ4v) is 5.97. The number of piperidine rings is 1. The number of halogens is 2. The average Bonchev–Trinajstić information content (AvgIpc) is 2.71. The second kappa shape index (κ2) is 8.84. The molecule has 4 heterocycles. The van der Waals surface area contributed by atoms with Crippen LogP contribution in [0.5, 0.6) is 0 Å². The van der Waals surface area contributed by atoms with Gasteiger partial charge < -0.3 is 24.8 Å². The quantitative estimate of drug-likeness (QED) is 0.590. The molecule has 1 unspecified atom stereocenters. The molecule has 5 fully saturated rings. The van der Waals surface area contributed by atoms with E-state index in [1.807, 2.05) is 4.90 Å². The molecule has 10 nitrogen and oxygen atoms in total. The van der Waals surface area contributed by atoms with Gasteiger partial charge in [0.25, 0.3) is 0 Å². The average molecular weight is 518 g/mol. The van der Waals surface area contributed by atoms with Gasteiger partial charge in [0, 0.05) is 42.8 Å². The maximum Gasteiger partial charge on any atom is 0.407 e. The second-order valence-corrected chi connectivity index (χ2v) is 10.8. The number of alkyl carbamates (subject to hydrolysis) is 1. The Labute approximate surface area is 212 Å². The summed E-state index contributed by atoms with van der Waals surface area (Å²) in [7, 11) is 0. The third-order valence-electron chi connectivity index (χ3n) is 8.50. The number of imide groups is 1. The largest absolute Gasteiger partial charge is 0.442 e. The second-order valence-electron chi connectivity index (χ2n) is 10.8. The summed E-state index contributed by atoms with van der Waals surface area (Å²) in [5.41, 5.74) is 0.0616. The normalized spacial score (nSPS) is 25.0. The van der Waals surface area contributed by atoms with Gasteiger partial charge in [0.05, 0.1) is 25.0 Å². The van der Waals surface area contributed by atoms with E-state index in [0.717, 1.165) is 25.8 Å². The summed E-state index contributed by atoms with van der Waals surface area (Å²) in [5, 5.41) is 4.87. The number of nitrogens with zero attached hydrogens (tertiary/aromatic N) is 3. The Morgan fingerprint density at radius 2 is 1.76 bits per heavy atom. The van der Waals surface area contributed by atoms with Crippen molar-refractivity contribution in [3.63, 3.8) is 0 Å². The molecule has 12 heteroatoms. The van der Waals surface area contributed by atoms with Crippen LogP contribution in [0.4, 0.5) is 24.1 Å². The van der Waals surface area contributed by atoms with Crippen molar-refractivity contribution in [1.29, 1.82) is 0 Å². The van der Waals surface area contributed by atoms with Crippen LogP contribution in [-0.2, 0) is 14.3 Å². The first kappa shape index (κ1) is 23.9. The standard InChI is InChI=1S/C25H29F2N5O5/c26-18-8-15(9-19(27)21(18)17-2-3-20(33)29-22(17)34)30-10-14(11-30)28-23(35)37-16-12-31(13-16)24(36)32-7-6-25(32)4-1-5-25/h8-9,14,16-17H,1-7,10-13H2,(H,28,35)(H,29,33,34). The van der Waals surface area contributed by atoms with E-state index < -0.39 is 35.5 Å². The number of urea groups is 1. The lowest BCUT2D eigenvalue weighted by Gasteiger charge is -2.60. The molecule has 0 bridgehead atoms. The molecule has 2 N–H and O–H groups in total. The highest BCUT2D eigenvalue weighted by atomic mass is 19.1. The van der Waals surface area contributed by atoms with Crippen LogP contribution in [0.25, 0.3) is 0 Å². The predicted octanol–water partition coefficient (Wildman–Crippen LogP) is 1.83. The van der Waals surface area contributed by atoms with E-state index in [2.05, 4.69) is 10.6 Å². The Kier molecular flexibility index (Phi) is 5.72. The first-order valence-electron chi connectivity index (χ1n) is 12.8. The van der Waals surface area contributed by atoms with Crippen molar-refractivity contribution in [2.45, 2.75) is 62.1 Å². The van der Waals surface area contributed by atoms with Crippen molar-refractivity contribution in [1.82, 2.24) is 20.4 Å². The lowest BCUT2D eigenvalue weighted by Crippen LogP contribution is -2.70. The van der Waals surface area contributed by atoms with E-state index in [1.54, 1.807) is 9.80 Å². The van der Waals surface area contributed by atoms with E-state index in [9.17, 15) is 28.0 Å². The van der Waals surface area contributed by atoms with Gasteiger partial charge in [-0.2, -0.15) is 0 Å². The molecule has 1 atom stereocenters. The third-order valence-corrected chi connectivity index (χ3v) is 8.50. The zero-order valence-electron chi connectivity index (χ0n) is 20.3. The maximum atomic E-state index is 14.8. The van der Waals surface area contributed by atoms with Gasteiger partial charge in [0.15, 0.2) is 0 Å². The molecule has 1 spiro atoms. The number of carbonyl (C=O) groups is 4. The summed E-state index contributed by atoms with van der Waals surface area (Å²) in [4.78, 5) is 53.6. The third kappa shape index (κ3) is 4.15. The van der Waals surface area contributed by atoms with Crippen molar-refractivity contribution in [2.75, 3.05) is 37.6 Å². The Bertz CT molecular complexity index is 1130. The topological polar surface area (TPSA) is 111 Å². The molecule has 0 aromatic heterocycles. The lowest BCUT2D eigenvalue weighted by molar-refractivity contribution is -0.134. The Morgan fingerprint density at radius 3 is 2.32 bits per heavy atom. The molecule has 1 aromatic carbocycles. The summed E-state index contributed by atoms with van der Waals surface area (Å²) in [6.45, 7) is 2.25. The molecule has 1 aliphatic carbocycles. The van der Waals surface area contributed by atoms with Crippen molar-refractivity contribution < 1.29 is 32.7 Å². The highest BCUT2D eigenvalue weighted by Crippen LogP contribution is 2.47. The number of hydrogen-bond acceptors (Lipinski definition) is 6. The molecule has 6 rings (SSSR count). The molecule has 5 aliphatic rings. The minimum Gasteiger partial charge on any atom is -0.442 e. The van der Waals surface area contributed by atoms with Crippen molar-refractivity contribution in [3.8, 4) is 0 Å². The van der Waals surface area contributed by atoms with Crippen LogP contribution in [0.3, 0.4) is 0 Å². The first-order chi connectivity index (χ1) is 17.7. The van der Waals surface area contributed by atoms with Crippen molar-refractivity contribution in [2.24, 2.45) is 0 Å². The smallest absolute Gasteiger partial charge is 0.407 e. The van der Waals surface area contributed by atoms with E-state index in [0.29, 0.717) is 31.9 Å². The monoisotopic (exact) mass is 517 g/mol. The molecule has 4 saturated heterocycles. The van der Waals surface area contributed by atoms with Gasteiger partial charge in [-0.25, -0.2) is 18.4 Å². The zero-order valence-corrected chi connectivity index (χ0v) is 20.3. The van der Waals surface area contributed by atoms with E-state index >= 15 is 0 Å². The fraction of sp³-hybridized carbons (Fsp3) is 0.600. The van der Waals surface area contributed by atoms with Gasteiger partial charge in [-0.05, 0) is 44.2 Å². The Morgan fingerprint density at radius 1 is 1.05 bits per heavy atom. The van der Waals surface area contributed by atoms with Gasteiger partial charge >= 0.3 is 12.1 Å². The highest BCUT2D eigenvalue weighted by molar-refractivity contribution is 6.01. The van der Waals surface area contributed by atoms with Crippen LogP contribution in [0.1, 0.15) is 50.0 Å². The SMILES string of the molecule is O=C1CCC(c2c(F)cc(N3CC(NC(=O)OC4CN(C(=O)N5CCC56CCC6)C4)C3)cc2F)C(=O)N1. The fourth-order valence-electron chi connectivity index (χ4n) is 5.97. The summed E-state index contributed by atoms with van der Waals surface area (Å²) >= 11 is 0. The van der Waals surface area contributed by atoms with Gasteiger partial charge in [-0.3, -0.25) is 14.9 Å². The van der Waals surface area contributed by atoms with E-state index in [-0.39, 0.29) is 42.1 Å². The molecule has 198 valence electrons. The molecule has 4 aliphatic heterocycles. The number of anilines is 1. The Balaban J connectivity index is 0.952. The number of ether oxygens (including phenoxy) is 1. The van der Waals surface area contributed by atoms with E-state index in [1.165, 1.54) is 18.6 Å². The minimum absolute atomic E-state index is 0.0287.